The van der Waals surface area contributed by atoms with Crippen LogP contribution >= 0.6 is 0 Å². The zero-order valence-corrected chi connectivity index (χ0v) is 7.82. The molecule has 4 nitrogen and oxygen atoms in total. The lowest BCUT2D eigenvalue weighted by Gasteiger charge is -2.08. The van der Waals surface area contributed by atoms with Gasteiger partial charge in [-0.05, 0) is 19.3 Å². The van der Waals surface area contributed by atoms with Gasteiger partial charge in [0.2, 0.25) is 0 Å². The highest BCUT2D eigenvalue weighted by molar-refractivity contribution is 5.06. The standard InChI is InChI=1S/C9H19NO3/c10-9(3-6-13)7-8(1-4-11)2-5-12/h7,9,11-13H,1-6,10H2. The lowest BCUT2D eigenvalue weighted by molar-refractivity contribution is 0.277. The van der Waals surface area contributed by atoms with Crippen LogP contribution in [0.25, 0.3) is 0 Å². The molecule has 78 valence electrons. The summed E-state index contributed by atoms with van der Waals surface area (Å²) in [5, 5.41) is 26.0. The van der Waals surface area contributed by atoms with E-state index in [0.717, 1.165) is 5.57 Å². The first-order valence-corrected chi connectivity index (χ1v) is 4.52. The minimum absolute atomic E-state index is 0.0587. The second kappa shape index (κ2) is 8.19. The van der Waals surface area contributed by atoms with E-state index >= 15 is 0 Å². The summed E-state index contributed by atoms with van der Waals surface area (Å²) < 4.78 is 0. The lowest BCUT2D eigenvalue weighted by atomic mass is 10.1. The van der Waals surface area contributed by atoms with E-state index in [1.807, 2.05) is 6.08 Å². The van der Waals surface area contributed by atoms with Gasteiger partial charge >= 0.3 is 0 Å². The Morgan fingerprint density at radius 2 is 1.62 bits per heavy atom. The van der Waals surface area contributed by atoms with E-state index < -0.39 is 0 Å². The summed E-state index contributed by atoms with van der Waals surface area (Å²) in [6.07, 6.45) is 3.41. The van der Waals surface area contributed by atoms with Crippen molar-refractivity contribution >= 4 is 0 Å². The number of aliphatic hydroxyl groups excluding tert-OH is 3. The highest BCUT2D eigenvalue weighted by Gasteiger charge is 2.01. The monoisotopic (exact) mass is 189 g/mol. The van der Waals surface area contributed by atoms with Crippen LogP contribution in [0.1, 0.15) is 19.3 Å². The predicted octanol–water partition coefficient (Wildman–Crippen LogP) is -0.613. The van der Waals surface area contributed by atoms with Crippen LogP contribution in [-0.4, -0.2) is 41.2 Å². The molecule has 0 aromatic carbocycles. The Labute approximate surface area is 78.7 Å². The Morgan fingerprint density at radius 1 is 1.08 bits per heavy atom. The van der Waals surface area contributed by atoms with E-state index in [4.69, 9.17) is 21.1 Å². The van der Waals surface area contributed by atoms with Crippen molar-refractivity contribution in [3.05, 3.63) is 11.6 Å². The third kappa shape index (κ3) is 6.72. The van der Waals surface area contributed by atoms with Crippen LogP contribution in [-0.2, 0) is 0 Å². The van der Waals surface area contributed by atoms with E-state index in [9.17, 15) is 0 Å². The van der Waals surface area contributed by atoms with Gasteiger partial charge in [-0.2, -0.15) is 0 Å². The molecule has 0 aromatic heterocycles. The van der Waals surface area contributed by atoms with Gasteiger partial charge in [-0.25, -0.2) is 0 Å². The molecule has 0 aliphatic rings. The molecule has 0 aromatic rings. The maximum atomic E-state index is 8.69. The third-order valence-electron chi connectivity index (χ3n) is 1.78. The molecule has 0 fully saturated rings. The van der Waals surface area contributed by atoms with E-state index in [0.29, 0.717) is 19.3 Å². The average Bonchev–Trinajstić information content (AvgIpc) is 2.05. The largest absolute Gasteiger partial charge is 0.396 e. The molecule has 4 heteroatoms. The normalized spacial score (nSPS) is 12.6. The zero-order valence-electron chi connectivity index (χ0n) is 7.82. The number of hydrogen-bond acceptors (Lipinski definition) is 4. The first kappa shape index (κ1) is 12.6. The summed E-state index contributed by atoms with van der Waals surface area (Å²) in [6, 6.07) is -0.182. The van der Waals surface area contributed by atoms with Gasteiger partial charge in [0.15, 0.2) is 0 Å². The van der Waals surface area contributed by atoms with E-state index in [1.165, 1.54) is 0 Å². The quantitative estimate of drug-likeness (QED) is 0.402. The van der Waals surface area contributed by atoms with Gasteiger partial charge < -0.3 is 21.1 Å². The lowest BCUT2D eigenvalue weighted by Crippen LogP contribution is -2.19. The van der Waals surface area contributed by atoms with Gasteiger partial charge in [0.05, 0.1) is 0 Å². The van der Waals surface area contributed by atoms with Crippen LogP contribution in [0.15, 0.2) is 11.6 Å². The molecular weight excluding hydrogens is 170 g/mol. The summed E-state index contributed by atoms with van der Waals surface area (Å²) in [4.78, 5) is 0. The average molecular weight is 189 g/mol. The van der Waals surface area contributed by atoms with Gasteiger partial charge in [0.25, 0.3) is 0 Å². The van der Waals surface area contributed by atoms with Gasteiger partial charge in [-0.1, -0.05) is 11.6 Å². The highest BCUT2D eigenvalue weighted by Crippen LogP contribution is 2.07. The topological polar surface area (TPSA) is 86.7 Å². The minimum Gasteiger partial charge on any atom is -0.396 e. The van der Waals surface area contributed by atoms with E-state index in [-0.39, 0.29) is 25.9 Å². The summed E-state index contributed by atoms with van der Waals surface area (Å²) in [7, 11) is 0. The molecule has 0 aliphatic heterocycles. The molecule has 0 saturated heterocycles. The highest BCUT2D eigenvalue weighted by atomic mass is 16.3. The summed E-state index contributed by atoms with van der Waals surface area (Å²) in [5.74, 6) is 0. The maximum absolute atomic E-state index is 8.69. The van der Waals surface area contributed by atoms with Crippen LogP contribution in [0.2, 0.25) is 0 Å². The molecule has 0 amide bonds. The number of hydrogen-bond donors (Lipinski definition) is 4. The van der Waals surface area contributed by atoms with Crippen molar-refractivity contribution in [2.45, 2.75) is 25.3 Å². The second-order valence-corrected chi connectivity index (χ2v) is 2.95. The SMILES string of the molecule is NC(C=C(CCO)CCO)CCO. The summed E-state index contributed by atoms with van der Waals surface area (Å²) in [6.45, 7) is 0.193. The fraction of sp³-hybridized carbons (Fsp3) is 0.778. The van der Waals surface area contributed by atoms with Gasteiger partial charge in [0, 0.05) is 25.9 Å². The fourth-order valence-electron chi connectivity index (χ4n) is 1.11. The van der Waals surface area contributed by atoms with Crippen molar-refractivity contribution in [1.82, 2.24) is 0 Å². The minimum atomic E-state index is -0.182. The molecule has 0 rings (SSSR count). The van der Waals surface area contributed by atoms with Gasteiger partial charge in [0.1, 0.15) is 0 Å². The van der Waals surface area contributed by atoms with E-state index in [2.05, 4.69) is 0 Å². The molecule has 0 heterocycles. The molecule has 1 unspecified atom stereocenters. The first-order chi connectivity index (χ1) is 6.24. The van der Waals surface area contributed by atoms with Crippen molar-refractivity contribution in [3.8, 4) is 0 Å². The van der Waals surface area contributed by atoms with Crippen LogP contribution in [0.4, 0.5) is 0 Å². The van der Waals surface area contributed by atoms with Gasteiger partial charge in [-0.3, -0.25) is 0 Å². The molecule has 13 heavy (non-hydrogen) atoms. The summed E-state index contributed by atoms with van der Waals surface area (Å²) >= 11 is 0. The fourth-order valence-corrected chi connectivity index (χ4v) is 1.11. The van der Waals surface area contributed by atoms with Crippen molar-refractivity contribution in [1.29, 1.82) is 0 Å². The van der Waals surface area contributed by atoms with Crippen molar-refractivity contribution in [2.75, 3.05) is 19.8 Å². The van der Waals surface area contributed by atoms with Gasteiger partial charge in [-0.15, -0.1) is 0 Å². The zero-order chi connectivity index (χ0) is 10.1. The Hall–Kier alpha value is -0.420. The molecule has 0 saturated carbocycles. The molecule has 0 spiro atoms. The second-order valence-electron chi connectivity index (χ2n) is 2.95. The third-order valence-corrected chi connectivity index (χ3v) is 1.78. The Balaban J connectivity index is 3.98. The molecular formula is C9H19NO3. The number of rotatable bonds is 7. The van der Waals surface area contributed by atoms with E-state index in [1.54, 1.807) is 0 Å². The summed E-state index contributed by atoms with van der Waals surface area (Å²) in [5.41, 5.74) is 6.60. The number of aliphatic hydroxyl groups is 3. The van der Waals surface area contributed by atoms with Crippen LogP contribution in [0.5, 0.6) is 0 Å². The smallest absolute Gasteiger partial charge is 0.0468 e. The van der Waals surface area contributed by atoms with Crippen molar-refractivity contribution < 1.29 is 15.3 Å². The molecule has 5 N–H and O–H groups in total. The Bertz CT molecular complexity index is 140. The molecule has 0 aliphatic carbocycles. The Morgan fingerprint density at radius 3 is 2.00 bits per heavy atom. The number of nitrogens with two attached hydrogens (primary N) is 1. The maximum Gasteiger partial charge on any atom is 0.0468 e. The first-order valence-electron chi connectivity index (χ1n) is 4.52. The molecule has 0 radical (unpaired) electrons. The van der Waals surface area contributed by atoms with Crippen LogP contribution in [0, 0.1) is 0 Å². The Kier molecular flexibility index (Phi) is 7.93. The van der Waals surface area contributed by atoms with Crippen molar-refractivity contribution in [3.63, 3.8) is 0 Å². The van der Waals surface area contributed by atoms with Crippen molar-refractivity contribution in [2.24, 2.45) is 5.73 Å². The van der Waals surface area contributed by atoms with Crippen LogP contribution in [0.3, 0.4) is 0 Å². The molecule has 1 atom stereocenters. The van der Waals surface area contributed by atoms with Crippen LogP contribution < -0.4 is 5.73 Å². The predicted molar refractivity (Wildman–Crippen MR) is 51.2 cm³/mol. The molecule has 0 bridgehead atoms.